The Labute approximate surface area is 130 Å². The van der Waals surface area contributed by atoms with E-state index in [1.807, 2.05) is 20.8 Å². The van der Waals surface area contributed by atoms with E-state index in [0.717, 1.165) is 19.5 Å². The molecule has 21 heavy (non-hydrogen) atoms. The van der Waals surface area contributed by atoms with Crippen LogP contribution in [-0.4, -0.2) is 56.4 Å². The van der Waals surface area contributed by atoms with Crippen molar-refractivity contribution in [1.82, 2.24) is 15.5 Å². The van der Waals surface area contributed by atoms with Gasteiger partial charge in [0.1, 0.15) is 5.60 Å². The lowest BCUT2D eigenvalue weighted by molar-refractivity contribution is 0.0527. The summed E-state index contributed by atoms with van der Waals surface area (Å²) in [6.07, 6.45) is 1.76. The second-order valence-corrected chi connectivity index (χ2v) is 7.23. The van der Waals surface area contributed by atoms with Crippen molar-refractivity contribution in [2.75, 3.05) is 33.7 Å². The van der Waals surface area contributed by atoms with Crippen molar-refractivity contribution < 1.29 is 9.53 Å². The van der Waals surface area contributed by atoms with Crippen molar-refractivity contribution in [3.63, 3.8) is 0 Å². The van der Waals surface area contributed by atoms with Gasteiger partial charge in [0.25, 0.3) is 0 Å². The van der Waals surface area contributed by atoms with Gasteiger partial charge in [0, 0.05) is 19.1 Å². The molecule has 0 aromatic heterocycles. The Balaban J connectivity index is 3.69. The van der Waals surface area contributed by atoms with E-state index in [1.54, 1.807) is 0 Å². The molecule has 0 aliphatic rings. The Morgan fingerprint density at radius 2 is 1.81 bits per heavy atom. The topological polar surface area (TPSA) is 53.6 Å². The van der Waals surface area contributed by atoms with Gasteiger partial charge in [-0.25, -0.2) is 4.79 Å². The van der Waals surface area contributed by atoms with Gasteiger partial charge in [-0.2, -0.15) is 0 Å². The molecule has 1 unspecified atom stereocenters. The molecule has 5 nitrogen and oxygen atoms in total. The number of nitrogens with zero attached hydrogens (tertiary/aromatic N) is 1. The average Bonchev–Trinajstić information content (AvgIpc) is 2.28. The predicted octanol–water partition coefficient (Wildman–Crippen LogP) is 2.47. The molecule has 0 aliphatic carbocycles. The lowest BCUT2D eigenvalue weighted by atomic mass is 10.0. The summed E-state index contributed by atoms with van der Waals surface area (Å²) in [5.74, 6) is 0.702. The molecule has 2 N–H and O–H groups in total. The van der Waals surface area contributed by atoms with E-state index in [1.165, 1.54) is 6.42 Å². The number of amides is 1. The predicted molar refractivity (Wildman–Crippen MR) is 88.7 cm³/mol. The normalized spacial score (nSPS) is 13.6. The first-order chi connectivity index (χ1) is 9.61. The van der Waals surface area contributed by atoms with Gasteiger partial charge >= 0.3 is 6.09 Å². The van der Waals surface area contributed by atoms with E-state index in [2.05, 4.69) is 43.5 Å². The van der Waals surface area contributed by atoms with Crippen molar-refractivity contribution >= 4 is 6.09 Å². The first-order valence-electron chi connectivity index (χ1n) is 7.96. The number of rotatable bonds is 9. The molecule has 0 aromatic rings. The van der Waals surface area contributed by atoms with Gasteiger partial charge in [0.05, 0.1) is 0 Å². The minimum Gasteiger partial charge on any atom is -0.444 e. The fourth-order valence-electron chi connectivity index (χ4n) is 2.01. The highest BCUT2D eigenvalue weighted by Gasteiger charge is 2.15. The van der Waals surface area contributed by atoms with Crippen LogP contribution >= 0.6 is 0 Å². The van der Waals surface area contributed by atoms with Gasteiger partial charge in [-0.15, -0.1) is 0 Å². The highest BCUT2D eigenvalue weighted by Crippen LogP contribution is 2.08. The smallest absolute Gasteiger partial charge is 0.407 e. The lowest BCUT2D eigenvalue weighted by Crippen LogP contribution is -2.39. The molecule has 0 saturated heterocycles. The fraction of sp³-hybridized carbons (Fsp3) is 0.938. The van der Waals surface area contributed by atoms with Crippen molar-refractivity contribution in [2.45, 2.75) is 59.1 Å². The van der Waals surface area contributed by atoms with Gasteiger partial charge in [0.15, 0.2) is 0 Å². The number of ether oxygens (including phenoxy) is 1. The van der Waals surface area contributed by atoms with Crippen LogP contribution in [0.5, 0.6) is 0 Å². The quantitative estimate of drug-likeness (QED) is 0.642. The lowest BCUT2D eigenvalue weighted by Gasteiger charge is -2.26. The summed E-state index contributed by atoms with van der Waals surface area (Å²) in [6.45, 7) is 12.6. The molecule has 0 aliphatic heterocycles. The maximum Gasteiger partial charge on any atom is 0.407 e. The Morgan fingerprint density at radius 3 is 2.29 bits per heavy atom. The molecule has 1 atom stereocenters. The Bertz CT molecular complexity index is 286. The second-order valence-electron chi connectivity index (χ2n) is 7.23. The van der Waals surface area contributed by atoms with E-state index >= 15 is 0 Å². The summed E-state index contributed by atoms with van der Waals surface area (Å²) >= 11 is 0. The van der Waals surface area contributed by atoms with Crippen LogP contribution in [0.4, 0.5) is 4.79 Å². The molecule has 0 heterocycles. The molecule has 0 radical (unpaired) electrons. The molecule has 0 bridgehead atoms. The molecule has 5 heteroatoms. The van der Waals surface area contributed by atoms with Crippen LogP contribution in [0.1, 0.15) is 47.5 Å². The van der Waals surface area contributed by atoms with E-state index in [-0.39, 0.29) is 6.09 Å². The monoisotopic (exact) mass is 301 g/mol. The number of carbonyl (C=O) groups excluding carboxylic acids is 1. The Morgan fingerprint density at radius 1 is 1.19 bits per heavy atom. The summed E-state index contributed by atoms with van der Waals surface area (Å²) in [4.78, 5) is 13.7. The number of alkyl carbamates (subject to hydrolysis) is 1. The van der Waals surface area contributed by atoms with Crippen LogP contribution in [0.25, 0.3) is 0 Å². The second kappa shape index (κ2) is 10.0. The standard InChI is InChI=1S/C16H35N3O2/c1-13(2)11-14(19(6)7)12-17-9-8-10-18-15(20)21-16(3,4)5/h13-14,17H,8-12H2,1-7H3,(H,18,20). The zero-order valence-electron chi connectivity index (χ0n) is 15.0. The third kappa shape index (κ3) is 12.6. The van der Waals surface area contributed by atoms with Crippen LogP contribution < -0.4 is 10.6 Å². The van der Waals surface area contributed by atoms with Gasteiger partial charge in [-0.05, 0) is 60.2 Å². The van der Waals surface area contributed by atoms with Crippen molar-refractivity contribution in [3.05, 3.63) is 0 Å². The first-order valence-corrected chi connectivity index (χ1v) is 7.96. The van der Waals surface area contributed by atoms with Crippen LogP contribution in [0, 0.1) is 5.92 Å². The summed E-state index contributed by atoms with van der Waals surface area (Å²) in [5, 5.41) is 6.23. The van der Waals surface area contributed by atoms with Gasteiger partial charge in [-0.1, -0.05) is 13.8 Å². The summed E-state index contributed by atoms with van der Waals surface area (Å²) in [5.41, 5.74) is -0.432. The Hall–Kier alpha value is -0.810. The molecular formula is C16H35N3O2. The molecule has 0 aromatic carbocycles. The first kappa shape index (κ1) is 20.2. The number of nitrogens with one attached hydrogen (secondary N) is 2. The SMILES string of the molecule is CC(C)CC(CNCCCNC(=O)OC(C)(C)C)N(C)C. The van der Waals surface area contributed by atoms with Crippen LogP contribution in [0.15, 0.2) is 0 Å². The van der Waals surface area contributed by atoms with Crippen LogP contribution in [0.3, 0.4) is 0 Å². The minimum absolute atomic E-state index is 0.339. The highest BCUT2D eigenvalue weighted by molar-refractivity contribution is 5.67. The molecular weight excluding hydrogens is 266 g/mol. The molecule has 0 saturated carbocycles. The third-order valence-electron chi connectivity index (χ3n) is 3.05. The average molecular weight is 301 g/mol. The minimum atomic E-state index is -0.432. The maximum absolute atomic E-state index is 11.4. The number of carbonyl (C=O) groups is 1. The number of hydrogen-bond donors (Lipinski definition) is 2. The number of hydrogen-bond acceptors (Lipinski definition) is 4. The zero-order valence-corrected chi connectivity index (χ0v) is 15.0. The molecule has 1 amide bonds. The van der Waals surface area contributed by atoms with Gasteiger partial charge < -0.3 is 20.3 Å². The maximum atomic E-state index is 11.4. The van der Waals surface area contributed by atoms with Crippen molar-refractivity contribution in [2.24, 2.45) is 5.92 Å². The Kier molecular flexibility index (Phi) is 9.62. The van der Waals surface area contributed by atoms with E-state index in [9.17, 15) is 4.79 Å². The van der Waals surface area contributed by atoms with E-state index in [4.69, 9.17) is 4.74 Å². The third-order valence-corrected chi connectivity index (χ3v) is 3.05. The van der Waals surface area contributed by atoms with Crippen molar-refractivity contribution in [1.29, 1.82) is 0 Å². The molecule has 0 spiro atoms. The number of likely N-dealkylation sites (N-methyl/N-ethyl adjacent to an activating group) is 1. The van der Waals surface area contributed by atoms with E-state index in [0.29, 0.717) is 18.5 Å². The highest BCUT2D eigenvalue weighted by atomic mass is 16.6. The van der Waals surface area contributed by atoms with Crippen LogP contribution in [0.2, 0.25) is 0 Å². The van der Waals surface area contributed by atoms with Crippen molar-refractivity contribution in [3.8, 4) is 0 Å². The summed E-state index contributed by atoms with van der Waals surface area (Å²) in [7, 11) is 4.25. The fourth-order valence-corrected chi connectivity index (χ4v) is 2.01. The molecule has 126 valence electrons. The van der Waals surface area contributed by atoms with Gasteiger partial charge in [0.2, 0.25) is 0 Å². The largest absolute Gasteiger partial charge is 0.444 e. The summed E-state index contributed by atoms with van der Waals surface area (Å²) < 4.78 is 5.18. The van der Waals surface area contributed by atoms with Crippen LogP contribution in [-0.2, 0) is 4.74 Å². The summed E-state index contributed by atoms with van der Waals surface area (Å²) in [6, 6.07) is 0.559. The molecule has 0 rings (SSSR count). The van der Waals surface area contributed by atoms with E-state index < -0.39 is 5.60 Å². The molecule has 0 fully saturated rings. The zero-order chi connectivity index (χ0) is 16.5. The van der Waals surface area contributed by atoms with Gasteiger partial charge in [-0.3, -0.25) is 0 Å².